The maximum atomic E-state index is 11.7. The maximum Gasteiger partial charge on any atom is 0.227 e. The number of nitrogens with one attached hydrogen (secondary N) is 1. The molecule has 0 radical (unpaired) electrons. The fourth-order valence-corrected chi connectivity index (χ4v) is 4.99. The number of methoxy groups -OCH3 is 1. The summed E-state index contributed by atoms with van der Waals surface area (Å²) in [6.07, 6.45) is 8.19. The molecule has 0 bridgehead atoms. The Hall–Kier alpha value is -4.98. The summed E-state index contributed by atoms with van der Waals surface area (Å²) in [5.74, 6) is 2.14. The molecular formula is C30H32N8O3. The molecule has 1 amide bonds. The van der Waals surface area contributed by atoms with Gasteiger partial charge in [0.05, 0.1) is 24.9 Å². The van der Waals surface area contributed by atoms with Crippen molar-refractivity contribution in [1.29, 1.82) is 5.26 Å². The van der Waals surface area contributed by atoms with Crippen LogP contribution in [0.4, 0.5) is 11.6 Å². The first-order valence-corrected chi connectivity index (χ1v) is 13.5. The van der Waals surface area contributed by atoms with Crippen molar-refractivity contribution in [3.63, 3.8) is 0 Å². The number of anilines is 2. The predicted octanol–water partition coefficient (Wildman–Crippen LogP) is 4.55. The summed E-state index contributed by atoms with van der Waals surface area (Å²) >= 11 is 0. The zero-order valence-electron chi connectivity index (χ0n) is 23.3. The number of hydrogen-bond donors (Lipinski definition) is 1. The van der Waals surface area contributed by atoms with Gasteiger partial charge in [-0.15, -0.1) is 0 Å². The van der Waals surface area contributed by atoms with Crippen LogP contribution in [-0.4, -0.2) is 61.8 Å². The van der Waals surface area contributed by atoms with Crippen molar-refractivity contribution in [1.82, 2.24) is 29.6 Å². The fourth-order valence-electron chi connectivity index (χ4n) is 4.99. The van der Waals surface area contributed by atoms with Crippen LogP contribution in [0.15, 0.2) is 61.4 Å². The number of rotatable bonds is 9. The highest BCUT2D eigenvalue weighted by atomic mass is 16.5. The van der Waals surface area contributed by atoms with E-state index in [4.69, 9.17) is 9.47 Å². The molecular weight excluding hydrogens is 520 g/mol. The van der Waals surface area contributed by atoms with Gasteiger partial charge in [0.1, 0.15) is 36.3 Å². The van der Waals surface area contributed by atoms with Crippen molar-refractivity contribution in [2.45, 2.75) is 45.3 Å². The van der Waals surface area contributed by atoms with E-state index in [9.17, 15) is 10.1 Å². The topological polar surface area (TPSA) is 131 Å². The Balaban J connectivity index is 1.27. The minimum atomic E-state index is -0.225. The molecule has 1 N–H and O–H groups in total. The molecule has 210 valence electrons. The standard InChI is InChI=1S/C30H32N8O3/c1-20(17-38-19-32-18-35-38)41-28-12-24(4-5-25(28)14-31)26-15-33-30(34-16-26)36-27-7-6-23(13-29(27)40-3)22-8-10-37(11-9-22)21(2)39/h4-7,12-13,15-16,18-20,22H,8-11,17H2,1-3H3,(H,33,34,36)/t20-/m0/s1. The number of piperidine rings is 1. The Kier molecular flexibility index (Phi) is 8.39. The van der Waals surface area contributed by atoms with Crippen molar-refractivity contribution in [2.24, 2.45) is 0 Å². The van der Waals surface area contributed by atoms with Gasteiger partial charge in [-0.3, -0.25) is 4.79 Å². The molecule has 4 aromatic rings. The number of aromatic nitrogens is 5. The van der Waals surface area contributed by atoms with Crippen LogP contribution in [0, 0.1) is 11.3 Å². The van der Waals surface area contributed by atoms with E-state index in [1.54, 1.807) is 43.5 Å². The molecule has 2 aromatic carbocycles. The Morgan fingerprint density at radius 2 is 1.90 bits per heavy atom. The molecule has 1 saturated heterocycles. The lowest BCUT2D eigenvalue weighted by molar-refractivity contribution is -0.129. The van der Waals surface area contributed by atoms with Crippen molar-refractivity contribution in [2.75, 3.05) is 25.5 Å². The van der Waals surface area contributed by atoms with Gasteiger partial charge in [0.25, 0.3) is 0 Å². The van der Waals surface area contributed by atoms with E-state index >= 15 is 0 Å². The molecule has 41 heavy (non-hydrogen) atoms. The van der Waals surface area contributed by atoms with Gasteiger partial charge < -0.3 is 19.7 Å². The van der Waals surface area contributed by atoms with Crippen molar-refractivity contribution < 1.29 is 14.3 Å². The summed E-state index contributed by atoms with van der Waals surface area (Å²) in [4.78, 5) is 26.5. The van der Waals surface area contributed by atoms with Crippen LogP contribution in [-0.2, 0) is 11.3 Å². The van der Waals surface area contributed by atoms with Gasteiger partial charge in [-0.25, -0.2) is 19.6 Å². The first-order valence-electron chi connectivity index (χ1n) is 13.5. The van der Waals surface area contributed by atoms with Crippen molar-refractivity contribution in [3.8, 4) is 28.7 Å². The van der Waals surface area contributed by atoms with Crippen LogP contribution in [0.2, 0.25) is 0 Å². The smallest absolute Gasteiger partial charge is 0.227 e. The molecule has 0 aliphatic carbocycles. The van der Waals surface area contributed by atoms with Crippen LogP contribution in [0.3, 0.4) is 0 Å². The van der Waals surface area contributed by atoms with Gasteiger partial charge in [-0.05, 0) is 61.1 Å². The third-order valence-electron chi connectivity index (χ3n) is 7.21. The molecule has 3 heterocycles. The summed E-state index contributed by atoms with van der Waals surface area (Å²) in [7, 11) is 1.64. The molecule has 1 fully saturated rings. The minimum absolute atomic E-state index is 0.133. The number of carbonyl (C=O) groups is 1. The normalized spacial score (nSPS) is 14.2. The lowest BCUT2D eigenvalue weighted by atomic mass is 9.89. The van der Waals surface area contributed by atoms with Gasteiger partial charge in [0.2, 0.25) is 11.9 Å². The number of benzene rings is 2. The highest BCUT2D eigenvalue weighted by Crippen LogP contribution is 2.35. The van der Waals surface area contributed by atoms with Crippen LogP contribution in [0.1, 0.15) is 43.7 Å². The average Bonchev–Trinajstić information content (AvgIpc) is 3.50. The molecule has 11 nitrogen and oxygen atoms in total. The Morgan fingerprint density at radius 1 is 1.12 bits per heavy atom. The third kappa shape index (κ3) is 6.61. The van der Waals surface area contributed by atoms with Crippen LogP contribution < -0.4 is 14.8 Å². The Labute approximate surface area is 238 Å². The van der Waals surface area contributed by atoms with Crippen molar-refractivity contribution >= 4 is 17.5 Å². The molecule has 5 rings (SSSR count). The fraction of sp³-hybridized carbons (Fsp3) is 0.333. The number of nitriles is 1. The molecule has 1 aliphatic rings. The highest BCUT2D eigenvalue weighted by molar-refractivity contribution is 5.73. The van der Waals surface area contributed by atoms with Gasteiger partial charge in [-0.1, -0.05) is 12.1 Å². The quantitative estimate of drug-likeness (QED) is 0.318. The average molecular weight is 553 g/mol. The third-order valence-corrected chi connectivity index (χ3v) is 7.21. The summed E-state index contributed by atoms with van der Waals surface area (Å²) < 4.78 is 13.4. The number of carbonyl (C=O) groups excluding carboxylic acids is 1. The van der Waals surface area contributed by atoms with E-state index in [1.807, 2.05) is 36.1 Å². The Bertz CT molecular complexity index is 1520. The van der Waals surface area contributed by atoms with Crippen LogP contribution in [0.25, 0.3) is 11.1 Å². The number of likely N-dealkylation sites (tertiary alicyclic amines) is 1. The largest absolute Gasteiger partial charge is 0.495 e. The number of ether oxygens (including phenoxy) is 2. The second kappa shape index (κ2) is 12.5. The van der Waals surface area contributed by atoms with Gasteiger partial charge >= 0.3 is 0 Å². The molecule has 1 aliphatic heterocycles. The van der Waals surface area contributed by atoms with Crippen LogP contribution >= 0.6 is 0 Å². The first-order chi connectivity index (χ1) is 19.9. The molecule has 0 unspecified atom stereocenters. The molecule has 2 aromatic heterocycles. The summed E-state index contributed by atoms with van der Waals surface area (Å²) in [5.41, 5.74) is 4.02. The van der Waals surface area contributed by atoms with Gasteiger partial charge in [-0.2, -0.15) is 10.4 Å². The second-order valence-electron chi connectivity index (χ2n) is 10.0. The summed E-state index contributed by atoms with van der Waals surface area (Å²) in [6.45, 7) is 5.59. The molecule has 1 atom stereocenters. The monoisotopic (exact) mass is 552 g/mol. The summed E-state index contributed by atoms with van der Waals surface area (Å²) in [5, 5.41) is 16.9. The zero-order valence-corrected chi connectivity index (χ0v) is 23.3. The van der Waals surface area contributed by atoms with E-state index in [0.29, 0.717) is 35.5 Å². The number of hydrogen-bond acceptors (Lipinski definition) is 9. The molecule has 0 spiro atoms. The van der Waals surface area contributed by atoms with E-state index in [1.165, 1.54) is 11.9 Å². The SMILES string of the molecule is COc1cc(C2CCN(C(C)=O)CC2)ccc1Nc1ncc(-c2ccc(C#N)c(O[C@@H](C)Cn3cncn3)c2)cn1. The van der Waals surface area contributed by atoms with Gasteiger partial charge in [0, 0.05) is 38.0 Å². The molecule has 11 heteroatoms. The second-order valence-corrected chi connectivity index (χ2v) is 10.0. The lowest BCUT2D eigenvalue weighted by Gasteiger charge is -2.31. The van der Waals surface area contributed by atoms with E-state index in [2.05, 4.69) is 37.5 Å². The highest BCUT2D eigenvalue weighted by Gasteiger charge is 2.23. The van der Waals surface area contributed by atoms with E-state index in [-0.39, 0.29) is 12.0 Å². The van der Waals surface area contributed by atoms with E-state index in [0.717, 1.165) is 42.7 Å². The maximum absolute atomic E-state index is 11.7. The predicted molar refractivity (Wildman–Crippen MR) is 153 cm³/mol. The van der Waals surface area contributed by atoms with Crippen molar-refractivity contribution in [3.05, 3.63) is 72.6 Å². The zero-order chi connectivity index (χ0) is 28.8. The first kappa shape index (κ1) is 27.6. The van der Waals surface area contributed by atoms with E-state index < -0.39 is 0 Å². The van der Waals surface area contributed by atoms with Gasteiger partial charge in [0.15, 0.2) is 0 Å². The lowest BCUT2D eigenvalue weighted by Crippen LogP contribution is -2.36. The minimum Gasteiger partial charge on any atom is -0.495 e. The number of amides is 1. The number of nitrogens with zero attached hydrogens (tertiary/aromatic N) is 7. The van der Waals surface area contributed by atoms with Crippen LogP contribution in [0.5, 0.6) is 11.5 Å². The Morgan fingerprint density at radius 3 is 2.56 bits per heavy atom. The molecule has 0 saturated carbocycles. The summed E-state index contributed by atoms with van der Waals surface area (Å²) in [6, 6.07) is 13.7.